The van der Waals surface area contributed by atoms with Crippen molar-refractivity contribution in [2.75, 3.05) is 5.32 Å². The molecule has 25 heavy (non-hydrogen) atoms. The van der Waals surface area contributed by atoms with Gasteiger partial charge >= 0.3 is 12.4 Å². The van der Waals surface area contributed by atoms with Crippen molar-refractivity contribution in [2.45, 2.75) is 31.2 Å². The van der Waals surface area contributed by atoms with Gasteiger partial charge in [0.25, 0.3) is 5.76 Å². The van der Waals surface area contributed by atoms with Crippen LogP contribution >= 0.6 is 15.9 Å². The summed E-state index contributed by atoms with van der Waals surface area (Å²) in [5, 5.41) is 12.6. The molecule has 1 fully saturated rings. The monoisotopic (exact) mass is 429 g/mol. The highest BCUT2D eigenvalue weighted by Gasteiger charge is 2.42. The van der Waals surface area contributed by atoms with Gasteiger partial charge in [0, 0.05) is 10.5 Å². The van der Waals surface area contributed by atoms with Gasteiger partial charge in [0.2, 0.25) is 5.88 Å². The molecule has 2 aromatic rings. The summed E-state index contributed by atoms with van der Waals surface area (Å²) in [7, 11) is 0. The quantitative estimate of drug-likeness (QED) is 0.585. The third-order valence-corrected chi connectivity index (χ3v) is 4.31. The van der Waals surface area contributed by atoms with Crippen molar-refractivity contribution in [2.24, 2.45) is 0 Å². The van der Waals surface area contributed by atoms with Gasteiger partial charge in [-0.05, 0) is 30.5 Å². The van der Waals surface area contributed by atoms with Crippen LogP contribution in [0, 0.1) is 0 Å². The van der Waals surface area contributed by atoms with Crippen LogP contribution in [0.1, 0.15) is 24.2 Å². The molecular weight excluding hydrogens is 420 g/mol. The molecule has 0 atom stereocenters. The molecule has 0 amide bonds. The fourth-order valence-electron chi connectivity index (χ4n) is 2.30. The summed E-state index contributed by atoms with van der Waals surface area (Å²) in [6.07, 6.45) is -8.32. The maximum Gasteiger partial charge on any atom is 0.453 e. The predicted octanol–water partition coefficient (Wildman–Crippen LogP) is 6.03. The van der Waals surface area contributed by atoms with E-state index in [0.29, 0.717) is 18.9 Å². The normalized spacial score (nSPS) is 15.5. The summed E-state index contributed by atoms with van der Waals surface area (Å²) in [5.41, 5.74) is -1.76. The molecule has 0 radical (unpaired) electrons. The molecule has 0 bridgehead atoms. The number of hydrogen-bond acceptors (Lipinski definition) is 3. The van der Waals surface area contributed by atoms with Crippen molar-refractivity contribution in [3.05, 3.63) is 34.0 Å². The molecule has 0 spiro atoms. The van der Waals surface area contributed by atoms with Gasteiger partial charge in [-0.25, -0.2) is 0 Å². The summed E-state index contributed by atoms with van der Waals surface area (Å²) in [6, 6.07) is 2.75. The topological polar surface area (TPSA) is 45.4 Å². The molecule has 1 aromatic carbocycles. The number of furan rings is 1. The number of rotatable bonds is 3. The molecule has 1 aliphatic rings. The van der Waals surface area contributed by atoms with Gasteiger partial charge in [-0.15, -0.1) is 0 Å². The smallest absolute Gasteiger partial charge is 0.453 e. The molecule has 136 valence electrons. The Kier molecular flexibility index (Phi) is 4.21. The second-order valence-corrected chi connectivity index (χ2v) is 6.45. The number of anilines is 1. The first-order chi connectivity index (χ1) is 11.5. The first-order valence-electron chi connectivity index (χ1n) is 7.05. The largest absolute Gasteiger partial charge is 0.504 e. The highest BCUT2D eigenvalue weighted by molar-refractivity contribution is 9.10. The Balaban J connectivity index is 2.17. The molecule has 0 aliphatic heterocycles. The first-order valence-corrected chi connectivity index (χ1v) is 7.84. The van der Waals surface area contributed by atoms with Crippen LogP contribution in [-0.2, 0) is 12.4 Å². The van der Waals surface area contributed by atoms with Crippen LogP contribution in [0.4, 0.5) is 32.2 Å². The molecule has 1 aliphatic carbocycles. The molecular formula is C15H10BrF6NO2. The Labute approximate surface area is 145 Å². The van der Waals surface area contributed by atoms with Gasteiger partial charge in [0.1, 0.15) is 0 Å². The molecule has 0 saturated heterocycles. The van der Waals surface area contributed by atoms with Gasteiger partial charge in [-0.2, -0.15) is 26.3 Å². The maximum atomic E-state index is 13.0. The Hall–Kier alpha value is -1.84. The second kappa shape index (κ2) is 5.86. The van der Waals surface area contributed by atoms with Gasteiger partial charge < -0.3 is 14.8 Å². The molecule has 0 unspecified atom stereocenters. The summed E-state index contributed by atoms with van der Waals surface area (Å²) in [4.78, 5) is 0. The third-order valence-electron chi connectivity index (χ3n) is 3.61. The van der Waals surface area contributed by atoms with Gasteiger partial charge in [0.05, 0.1) is 11.1 Å². The molecule has 1 saturated carbocycles. The minimum absolute atomic E-state index is 0.136. The van der Waals surface area contributed by atoms with Gasteiger partial charge in [-0.1, -0.05) is 22.0 Å². The first kappa shape index (κ1) is 18.0. The van der Waals surface area contributed by atoms with E-state index in [2.05, 4.69) is 21.2 Å². The van der Waals surface area contributed by atoms with Crippen LogP contribution in [0.5, 0.6) is 5.75 Å². The van der Waals surface area contributed by atoms with Crippen LogP contribution in [0.15, 0.2) is 27.1 Å². The van der Waals surface area contributed by atoms with E-state index in [0.717, 1.165) is 6.07 Å². The van der Waals surface area contributed by atoms with E-state index in [4.69, 9.17) is 4.42 Å². The van der Waals surface area contributed by atoms with Crippen LogP contribution in [0.25, 0.3) is 11.1 Å². The fourth-order valence-corrected chi connectivity index (χ4v) is 2.77. The molecule has 2 N–H and O–H groups in total. The lowest BCUT2D eigenvalue weighted by molar-refractivity contribution is -0.153. The number of alkyl halides is 6. The standard InChI is InChI=1S/C15H10BrF6NO2/c16-9-4-1-6(5-8(9)14(17,18)19)10-11(24)12(15(20,21)22)25-13(10)23-7-2-3-7/h1,4-5,7,23-24H,2-3H2. The van der Waals surface area contributed by atoms with E-state index in [1.807, 2.05) is 0 Å². The van der Waals surface area contributed by atoms with Crippen molar-refractivity contribution in [1.82, 2.24) is 0 Å². The Morgan fingerprint density at radius 2 is 1.72 bits per heavy atom. The second-order valence-electron chi connectivity index (χ2n) is 5.59. The van der Waals surface area contributed by atoms with Crippen molar-refractivity contribution in [1.29, 1.82) is 0 Å². The van der Waals surface area contributed by atoms with Crippen LogP contribution in [0.3, 0.4) is 0 Å². The third kappa shape index (κ3) is 3.58. The van der Waals surface area contributed by atoms with Gasteiger partial charge in [-0.3, -0.25) is 0 Å². The lowest BCUT2D eigenvalue weighted by Crippen LogP contribution is -2.06. The Morgan fingerprint density at radius 1 is 1.08 bits per heavy atom. The van der Waals surface area contributed by atoms with Crippen molar-refractivity contribution in [3.63, 3.8) is 0 Å². The average Bonchev–Trinajstić information content (AvgIpc) is 3.21. The molecule has 1 heterocycles. The summed E-state index contributed by atoms with van der Waals surface area (Å²) in [6.45, 7) is 0. The van der Waals surface area contributed by atoms with E-state index in [1.54, 1.807) is 0 Å². The molecule has 10 heteroatoms. The van der Waals surface area contributed by atoms with E-state index in [9.17, 15) is 31.4 Å². The highest BCUT2D eigenvalue weighted by atomic mass is 79.9. The number of halogens is 7. The van der Waals surface area contributed by atoms with E-state index in [-0.39, 0.29) is 16.1 Å². The number of nitrogens with one attached hydrogen (secondary N) is 1. The van der Waals surface area contributed by atoms with E-state index in [1.165, 1.54) is 6.07 Å². The Bertz CT molecular complexity index is 808. The summed E-state index contributed by atoms with van der Waals surface area (Å²) in [5.74, 6) is -3.30. The summed E-state index contributed by atoms with van der Waals surface area (Å²) >= 11 is 2.76. The van der Waals surface area contributed by atoms with E-state index >= 15 is 0 Å². The van der Waals surface area contributed by atoms with Crippen LogP contribution in [0.2, 0.25) is 0 Å². The Morgan fingerprint density at radius 3 is 2.24 bits per heavy atom. The van der Waals surface area contributed by atoms with E-state index < -0.39 is 40.9 Å². The maximum absolute atomic E-state index is 13.0. The lowest BCUT2D eigenvalue weighted by Gasteiger charge is -2.12. The zero-order valence-electron chi connectivity index (χ0n) is 12.2. The minimum atomic E-state index is -4.98. The zero-order valence-corrected chi connectivity index (χ0v) is 13.8. The van der Waals surface area contributed by atoms with Crippen LogP contribution < -0.4 is 5.32 Å². The van der Waals surface area contributed by atoms with Crippen molar-refractivity contribution >= 4 is 21.8 Å². The van der Waals surface area contributed by atoms with Crippen molar-refractivity contribution in [3.8, 4) is 16.9 Å². The fraction of sp³-hybridized carbons (Fsp3) is 0.333. The highest BCUT2D eigenvalue weighted by Crippen LogP contribution is 2.50. The van der Waals surface area contributed by atoms with Crippen LogP contribution in [-0.4, -0.2) is 11.1 Å². The molecule has 1 aromatic heterocycles. The lowest BCUT2D eigenvalue weighted by atomic mass is 10.0. The average molecular weight is 430 g/mol. The summed E-state index contributed by atoms with van der Waals surface area (Å²) < 4.78 is 82.5. The number of benzene rings is 1. The molecule has 3 nitrogen and oxygen atoms in total. The number of hydrogen-bond donors (Lipinski definition) is 2. The SMILES string of the molecule is Oc1c(C(F)(F)F)oc(NC2CC2)c1-c1ccc(Br)c(C(F)(F)F)c1. The minimum Gasteiger partial charge on any atom is -0.504 e. The zero-order chi connectivity index (χ0) is 18.6. The number of aromatic hydroxyl groups is 1. The van der Waals surface area contributed by atoms with Crippen molar-refractivity contribution < 1.29 is 35.9 Å². The molecule has 3 rings (SSSR count). The van der Waals surface area contributed by atoms with Gasteiger partial charge in [0.15, 0.2) is 5.75 Å². The predicted molar refractivity (Wildman–Crippen MR) is 80.2 cm³/mol.